The molecule has 1 heterocycles. The van der Waals surface area contributed by atoms with Crippen LogP contribution in [-0.2, 0) is 6.54 Å². The molecule has 0 aliphatic carbocycles. The van der Waals surface area contributed by atoms with E-state index < -0.39 is 0 Å². The number of nitrogens with zero attached hydrogens (tertiary/aromatic N) is 2. The Morgan fingerprint density at radius 2 is 2.13 bits per heavy atom. The number of aryl methyl sites for hydroxylation is 1. The number of anilines is 1. The fraction of sp³-hybridized carbons (Fsp3) is 0.182. The second-order valence-electron chi connectivity index (χ2n) is 3.24. The summed E-state index contributed by atoms with van der Waals surface area (Å²) in [6.07, 6.45) is 1.65. The zero-order valence-electron chi connectivity index (χ0n) is 8.44. The molecular formula is C11H12ClN3. The summed E-state index contributed by atoms with van der Waals surface area (Å²) in [4.78, 5) is 0. The van der Waals surface area contributed by atoms with Gasteiger partial charge in [-0.2, -0.15) is 5.10 Å². The summed E-state index contributed by atoms with van der Waals surface area (Å²) in [6.45, 7) is 2.80. The zero-order valence-corrected chi connectivity index (χ0v) is 9.20. The van der Waals surface area contributed by atoms with Crippen molar-refractivity contribution in [2.45, 2.75) is 13.5 Å². The van der Waals surface area contributed by atoms with Crippen LogP contribution >= 0.6 is 11.6 Å². The van der Waals surface area contributed by atoms with E-state index in [-0.39, 0.29) is 0 Å². The summed E-state index contributed by atoms with van der Waals surface area (Å²) in [7, 11) is 0. The Hall–Kier alpha value is -1.48. The van der Waals surface area contributed by atoms with Gasteiger partial charge in [0.05, 0.1) is 22.6 Å². The first kappa shape index (κ1) is 10.1. The SMILES string of the molecule is CCn1ncc(N)c1-c1ccccc1Cl. The first-order valence-corrected chi connectivity index (χ1v) is 5.18. The van der Waals surface area contributed by atoms with E-state index in [4.69, 9.17) is 17.3 Å². The highest BCUT2D eigenvalue weighted by atomic mass is 35.5. The van der Waals surface area contributed by atoms with E-state index in [9.17, 15) is 0 Å². The predicted molar refractivity (Wildman–Crippen MR) is 62.8 cm³/mol. The van der Waals surface area contributed by atoms with Crippen LogP contribution in [0.2, 0.25) is 5.02 Å². The van der Waals surface area contributed by atoms with Crippen LogP contribution in [0.3, 0.4) is 0 Å². The van der Waals surface area contributed by atoms with Crippen LogP contribution in [0.1, 0.15) is 6.92 Å². The minimum Gasteiger partial charge on any atom is -0.396 e. The quantitative estimate of drug-likeness (QED) is 0.848. The minimum absolute atomic E-state index is 0.657. The van der Waals surface area contributed by atoms with Crippen molar-refractivity contribution in [2.24, 2.45) is 0 Å². The lowest BCUT2D eigenvalue weighted by Gasteiger charge is -2.07. The maximum atomic E-state index is 6.12. The molecular weight excluding hydrogens is 210 g/mol. The molecule has 0 saturated carbocycles. The molecule has 0 saturated heterocycles. The molecule has 0 fully saturated rings. The van der Waals surface area contributed by atoms with E-state index >= 15 is 0 Å². The highest BCUT2D eigenvalue weighted by Crippen LogP contribution is 2.31. The number of benzene rings is 1. The van der Waals surface area contributed by atoms with Crippen molar-refractivity contribution >= 4 is 17.3 Å². The molecule has 2 aromatic rings. The number of nitrogen functional groups attached to an aromatic ring is 1. The monoisotopic (exact) mass is 221 g/mol. The zero-order chi connectivity index (χ0) is 10.8. The van der Waals surface area contributed by atoms with Gasteiger partial charge in [0.1, 0.15) is 0 Å². The Kier molecular flexibility index (Phi) is 2.64. The number of halogens is 1. The van der Waals surface area contributed by atoms with Crippen LogP contribution in [0.5, 0.6) is 0 Å². The molecule has 3 nitrogen and oxygen atoms in total. The molecule has 1 aromatic heterocycles. The average Bonchev–Trinajstić information content (AvgIpc) is 2.60. The van der Waals surface area contributed by atoms with E-state index in [1.807, 2.05) is 35.9 Å². The summed E-state index contributed by atoms with van der Waals surface area (Å²) in [5.74, 6) is 0. The fourth-order valence-electron chi connectivity index (χ4n) is 1.59. The molecule has 0 aliphatic heterocycles. The minimum atomic E-state index is 0.657. The molecule has 78 valence electrons. The van der Waals surface area contributed by atoms with Gasteiger partial charge in [0.2, 0.25) is 0 Å². The van der Waals surface area contributed by atoms with Crippen molar-refractivity contribution in [1.82, 2.24) is 9.78 Å². The summed E-state index contributed by atoms with van der Waals surface area (Å²) in [5.41, 5.74) is 8.35. The van der Waals surface area contributed by atoms with Crippen molar-refractivity contribution in [3.8, 4) is 11.3 Å². The Balaban J connectivity index is 2.63. The van der Waals surface area contributed by atoms with Crippen molar-refractivity contribution in [2.75, 3.05) is 5.73 Å². The molecule has 4 heteroatoms. The molecule has 0 bridgehead atoms. The van der Waals surface area contributed by atoms with Crippen molar-refractivity contribution in [1.29, 1.82) is 0 Å². The Morgan fingerprint density at radius 1 is 1.40 bits per heavy atom. The first-order chi connectivity index (χ1) is 7.24. The van der Waals surface area contributed by atoms with Crippen LogP contribution in [0, 0.1) is 0 Å². The van der Waals surface area contributed by atoms with E-state index in [0.29, 0.717) is 10.7 Å². The fourth-order valence-corrected chi connectivity index (χ4v) is 1.81. The van der Waals surface area contributed by atoms with Gasteiger partial charge in [-0.25, -0.2) is 0 Å². The normalized spacial score (nSPS) is 10.5. The van der Waals surface area contributed by atoms with E-state index in [1.165, 1.54) is 0 Å². The van der Waals surface area contributed by atoms with Gasteiger partial charge in [0, 0.05) is 12.1 Å². The van der Waals surface area contributed by atoms with E-state index in [2.05, 4.69) is 5.10 Å². The van der Waals surface area contributed by atoms with Gasteiger partial charge in [0.15, 0.2) is 0 Å². The van der Waals surface area contributed by atoms with Crippen LogP contribution < -0.4 is 5.73 Å². The van der Waals surface area contributed by atoms with Crippen molar-refractivity contribution < 1.29 is 0 Å². The molecule has 0 radical (unpaired) electrons. The van der Waals surface area contributed by atoms with Crippen LogP contribution in [0.4, 0.5) is 5.69 Å². The third kappa shape index (κ3) is 1.70. The molecule has 0 spiro atoms. The topological polar surface area (TPSA) is 43.8 Å². The van der Waals surface area contributed by atoms with Gasteiger partial charge < -0.3 is 5.73 Å². The van der Waals surface area contributed by atoms with Crippen LogP contribution in [0.25, 0.3) is 11.3 Å². The second-order valence-corrected chi connectivity index (χ2v) is 3.65. The number of rotatable bonds is 2. The molecule has 15 heavy (non-hydrogen) atoms. The maximum absolute atomic E-state index is 6.12. The first-order valence-electron chi connectivity index (χ1n) is 4.80. The predicted octanol–water partition coefficient (Wildman–Crippen LogP) is 2.81. The van der Waals surface area contributed by atoms with Crippen molar-refractivity contribution in [3.05, 3.63) is 35.5 Å². The third-order valence-corrected chi connectivity index (χ3v) is 2.63. The van der Waals surface area contributed by atoms with Crippen LogP contribution in [0.15, 0.2) is 30.5 Å². The van der Waals surface area contributed by atoms with Gasteiger partial charge in [-0.3, -0.25) is 4.68 Å². The van der Waals surface area contributed by atoms with E-state index in [0.717, 1.165) is 17.8 Å². The van der Waals surface area contributed by atoms with Gasteiger partial charge >= 0.3 is 0 Å². The molecule has 1 aromatic carbocycles. The summed E-state index contributed by atoms with van der Waals surface area (Å²) in [6, 6.07) is 7.63. The number of nitrogens with two attached hydrogens (primary N) is 1. The number of aromatic nitrogens is 2. The van der Waals surface area contributed by atoms with Gasteiger partial charge in [-0.05, 0) is 13.0 Å². The Morgan fingerprint density at radius 3 is 2.80 bits per heavy atom. The smallest absolute Gasteiger partial charge is 0.0926 e. The third-order valence-electron chi connectivity index (χ3n) is 2.30. The lowest BCUT2D eigenvalue weighted by Crippen LogP contribution is -2.00. The summed E-state index contributed by atoms with van der Waals surface area (Å²) < 4.78 is 1.84. The average molecular weight is 222 g/mol. The van der Waals surface area contributed by atoms with Crippen LogP contribution in [-0.4, -0.2) is 9.78 Å². The molecule has 0 aliphatic rings. The number of hydrogen-bond donors (Lipinski definition) is 1. The van der Waals surface area contributed by atoms with Gasteiger partial charge in [-0.1, -0.05) is 29.8 Å². The Bertz CT molecular complexity index is 476. The second kappa shape index (κ2) is 3.95. The standard InChI is InChI=1S/C11H12ClN3/c1-2-15-11(10(13)7-14-15)8-5-3-4-6-9(8)12/h3-7H,2,13H2,1H3. The highest BCUT2D eigenvalue weighted by Gasteiger charge is 2.11. The summed E-state index contributed by atoms with van der Waals surface area (Å²) >= 11 is 6.12. The highest BCUT2D eigenvalue weighted by molar-refractivity contribution is 6.33. The molecule has 0 unspecified atom stereocenters. The molecule has 0 atom stereocenters. The number of hydrogen-bond acceptors (Lipinski definition) is 2. The largest absolute Gasteiger partial charge is 0.396 e. The molecule has 0 amide bonds. The lowest BCUT2D eigenvalue weighted by atomic mass is 10.1. The Labute approximate surface area is 93.5 Å². The molecule has 2 rings (SSSR count). The van der Waals surface area contributed by atoms with Crippen molar-refractivity contribution in [3.63, 3.8) is 0 Å². The maximum Gasteiger partial charge on any atom is 0.0926 e. The van der Waals surface area contributed by atoms with E-state index in [1.54, 1.807) is 6.20 Å². The van der Waals surface area contributed by atoms with Gasteiger partial charge in [-0.15, -0.1) is 0 Å². The molecule has 2 N–H and O–H groups in total. The van der Waals surface area contributed by atoms with Gasteiger partial charge in [0.25, 0.3) is 0 Å². The lowest BCUT2D eigenvalue weighted by molar-refractivity contribution is 0.667. The summed E-state index contributed by atoms with van der Waals surface area (Å²) in [5, 5.41) is 4.88.